The highest BCUT2D eigenvalue weighted by molar-refractivity contribution is 5.38. The molecule has 18 heavy (non-hydrogen) atoms. The third-order valence-electron chi connectivity index (χ3n) is 2.49. The summed E-state index contributed by atoms with van der Waals surface area (Å²) >= 11 is 0. The van der Waals surface area contributed by atoms with Crippen molar-refractivity contribution in [3.8, 4) is 11.8 Å². The Morgan fingerprint density at radius 3 is 2.89 bits per heavy atom. The normalized spacial score (nSPS) is 9.94. The van der Waals surface area contributed by atoms with Gasteiger partial charge in [-0.1, -0.05) is 37.7 Å². The minimum Gasteiger partial charge on any atom is -0.384 e. The van der Waals surface area contributed by atoms with Crippen LogP contribution in [0.3, 0.4) is 0 Å². The Kier molecular flexibility index (Phi) is 7.09. The van der Waals surface area contributed by atoms with Crippen molar-refractivity contribution in [1.82, 2.24) is 0 Å². The van der Waals surface area contributed by atoms with Gasteiger partial charge in [0.2, 0.25) is 0 Å². The van der Waals surface area contributed by atoms with Crippen molar-refractivity contribution >= 4 is 0 Å². The van der Waals surface area contributed by atoms with E-state index in [-0.39, 0.29) is 12.4 Å². The summed E-state index contributed by atoms with van der Waals surface area (Å²) in [5.74, 6) is 4.65. The molecule has 0 heterocycles. The van der Waals surface area contributed by atoms with Crippen molar-refractivity contribution in [3.63, 3.8) is 0 Å². The summed E-state index contributed by atoms with van der Waals surface area (Å²) in [7, 11) is 0. The first-order valence-electron chi connectivity index (χ1n) is 6.23. The van der Waals surface area contributed by atoms with Gasteiger partial charge in [0.05, 0.1) is 12.2 Å². The van der Waals surface area contributed by atoms with Crippen molar-refractivity contribution in [3.05, 3.63) is 35.1 Å². The van der Waals surface area contributed by atoms with E-state index in [1.54, 1.807) is 12.1 Å². The first-order chi connectivity index (χ1) is 8.77. The number of aliphatic hydroxyl groups is 1. The van der Waals surface area contributed by atoms with Crippen molar-refractivity contribution in [2.75, 3.05) is 13.2 Å². The molecular weight excluding hydrogens is 231 g/mol. The Balaban J connectivity index is 2.51. The maximum Gasteiger partial charge on any atom is 0.138 e. The second-order valence-electron chi connectivity index (χ2n) is 4.03. The van der Waals surface area contributed by atoms with E-state index in [0.717, 1.165) is 25.0 Å². The van der Waals surface area contributed by atoms with Gasteiger partial charge in [0.15, 0.2) is 0 Å². The van der Waals surface area contributed by atoms with Gasteiger partial charge in [-0.05, 0) is 24.1 Å². The molecule has 0 atom stereocenters. The van der Waals surface area contributed by atoms with Gasteiger partial charge in [-0.25, -0.2) is 4.39 Å². The summed E-state index contributed by atoms with van der Waals surface area (Å²) < 4.78 is 18.9. The molecular formula is C15H19FO2. The van der Waals surface area contributed by atoms with E-state index in [2.05, 4.69) is 18.8 Å². The van der Waals surface area contributed by atoms with Gasteiger partial charge in [0.1, 0.15) is 12.4 Å². The first-order valence-corrected chi connectivity index (χ1v) is 6.23. The third-order valence-corrected chi connectivity index (χ3v) is 2.49. The lowest BCUT2D eigenvalue weighted by Gasteiger charge is -2.05. The molecule has 3 heteroatoms. The lowest BCUT2D eigenvalue weighted by Crippen LogP contribution is -1.97. The number of aliphatic hydroxyl groups excluding tert-OH is 1. The summed E-state index contributed by atoms with van der Waals surface area (Å²) in [6.07, 6.45) is 3.38. The number of hydrogen-bond donors (Lipinski definition) is 1. The summed E-state index contributed by atoms with van der Waals surface area (Å²) in [5.41, 5.74) is 1.20. The van der Waals surface area contributed by atoms with Crippen LogP contribution in [0.25, 0.3) is 0 Å². The fourth-order valence-corrected chi connectivity index (χ4v) is 1.54. The zero-order valence-electron chi connectivity index (χ0n) is 10.7. The lowest BCUT2D eigenvalue weighted by atomic mass is 10.1. The topological polar surface area (TPSA) is 29.5 Å². The molecule has 1 aromatic rings. The summed E-state index contributed by atoms with van der Waals surface area (Å²) in [6, 6.07) is 4.74. The molecule has 0 saturated heterocycles. The summed E-state index contributed by atoms with van der Waals surface area (Å²) in [5, 5.41) is 8.59. The third kappa shape index (κ3) is 5.31. The maximum atomic E-state index is 13.4. The van der Waals surface area contributed by atoms with Gasteiger partial charge in [0.25, 0.3) is 0 Å². The number of unbranched alkanes of at least 4 members (excludes halogenated alkanes) is 2. The van der Waals surface area contributed by atoms with Crippen LogP contribution in [-0.4, -0.2) is 18.3 Å². The fourth-order valence-electron chi connectivity index (χ4n) is 1.54. The van der Waals surface area contributed by atoms with Crippen molar-refractivity contribution in [1.29, 1.82) is 0 Å². The van der Waals surface area contributed by atoms with E-state index >= 15 is 0 Å². The van der Waals surface area contributed by atoms with E-state index in [0.29, 0.717) is 12.2 Å². The summed E-state index contributed by atoms with van der Waals surface area (Å²) in [4.78, 5) is 0. The molecule has 1 N–H and O–H groups in total. The number of halogens is 1. The van der Waals surface area contributed by atoms with Gasteiger partial charge in [-0.2, -0.15) is 0 Å². The highest BCUT2D eigenvalue weighted by Gasteiger charge is 2.01. The Morgan fingerprint density at radius 1 is 1.33 bits per heavy atom. The molecule has 1 aromatic carbocycles. The van der Waals surface area contributed by atoms with Gasteiger partial charge in [-0.3, -0.25) is 0 Å². The smallest absolute Gasteiger partial charge is 0.138 e. The summed E-state index contributed by atoms with van der Waals surface area (Å²) in [6.45, 7) is 3.07. The minimum absolute atomic E-state index is 0.267. The molecule has 0 aliphatic rings. The lowest BCUT2D eigenvalue weighted by molar-refractivity contribution is 0.117. The van der Waals surface area contributed by atoms with Gasteiger partial charge < -0.3 is 9.84 Å². The predicted octanol–water partition coefficient (Wildman–Crippen LogP) is 2.88. The highest BCUT2D eigenvalue weighted by atomic mass is 19.1. The van der Waals surface area contributed by atoms with E-state index in [1.165, 1.54) is 12.5 Å². The van der Waals surface area contributed by atoms with E-state index in [4.69, 9.17) is 9.84 Å². The van der Waals surface area contributed by atoms with Crippen molar-refractivity contribution in [2.24, 2.45) is 0 Å². The Hall–Kier alpha value is -1.37. The molecule has 0 aliphatic carbocycles. The van der Waals surface area contributed by atoms with E-state index in [1.807, 2.05) is 0 Å². The van der Waals surface area contributed by atoms with Gasteiger partial charge >= 0.3 is 0 Å². The second-order valence-corrected chi connectivity index (χ2v) is 4.03. The average molecular weight is 250 g/mol. The van der Waals surface area contributed by atoms with Crippen LogP contribution in [0.2, 0.25) is 0 Å². The highest BCUT2D eigenvalue weighted by Crippen LogP contribution is 2.11. The van der Waals surface area contributed by atoms with E-state index < -0.39 is 0 Å². The Labute approximate surface area is 108 Å². The molecule has 0 spiro atoms. The quantitative estimate of drug-likeness (QED) is 0.621. The van der Waals surface area contributed by atoms with Crippen molar-refractivity contribution in [2.45, 2.75) is 32.8 Å². The van der Waals surface area contributed by atoms with Crippen LogP contribution in [-0.2, 0) is 11.3 Å². The molecule has 98 valence electrons. The SMILES string of the molecule is CCCCCOCc1ccc(F)c(C#CCO)c1. The molecule has 0 fully saturated rings. The standard InChI is InChI=1S/C15H19FO2/c1-2-3-4-10-18-12-13-7-8-15(16)14(11-13)6-5-9-17/h7-8,11,17H,2-4,9-10,12H2,1H3. The van der Waals surface area contributed by atoms with Crippen molar-refractivity contribution < 1.29 is 14.2 Å². The fraction of sp³-hybridized carbons (Fsp3) is 0.467. The van der Waals surface area contributed by atoms with E-state index in [9.17, 15) is 4.39 Å². The van der Waals surface area contributed by atoms with Gasteiger partial charge in [0, 0.05) is 6.61 Å². The van der Waals surface area contributed by atoms with Crippen LogP contribution in [0.5, 0.6) is 0 Å². The van der Waals surface area contributed by atoms with Crippen LogP contribution in [0.4, 0.5) is 4.39 Å². The zero-order valence-corrected chi connectivity index (χ0v) is 10.7. The monoisotopic (exact) mass is 250 g/mol. The number of hydrogen-bond acceptors (Lipinski definition) is 2. The predicted molar refractivity (Wildman–Crippen MR) is 69.5 cm³/mol. The Morgan fingerprint density at radius 2 is 2.17 bits per heavy atom. The molecule has 0 amide bonds. The zero-order chi connectivity index (χ0) is 13.2. The largest absolute Gasteiger partial charge is 0.384 e. The Bertz CT molecular complexity index is 418. The molecule has 2 nitrogen and oxygen atoms in total. The maximum absolute atomic E-state index is 13.4. The van der Waals surface area contributed by atoms with Crippen LogP contribution in [0, 0.1) is 17.7 Å². The first kappa shape index (κ1) is 14.7. The number of rotatable bonds is 6. The molecule has 0 unspecified atom stereocenters. The number of ether oxygens (including phenoxy) is 1. The molecule has 1 rings (SSSR count). The second kappa shape index (κ2) is 8.68. The van der Waals surface area contributed by atoms with Crippen LogP contribution in [0.15, 0.2) is 18.2 Å². The van der Waals surface area contributed by atoms with Crippen LogP contribution < -0.4 is 0 Å². The molecule has 0 aliphatic heterocycles. The average Bonchev–Trinajstić information content (AvgIpc) is 2.39. The molecule has 0 radical (unpaired) electrons. The number of benzene rings is 1. The molecule has 0 saturated carbocycles. The minimum atomic E-state index is -0.370. The van der Waals surface area contributed by atoms with Crippen LogP contribution >= 0.6 is 0 Å². The van der Waals surface area contributed by atoms with Gasteiger partial charge in [-0.15, -0.1) is 0 Å². The molecule has 0 bridgehead atoms. The van der Waals surface area contributed by atoms with Crippen LogP contribution in [0.1, 0.15) is 37.3 Å². The molecule has 0 aromatic heterocycles.